The average Bonchev–Trinajstić information content (AvgIpc) is 2.41. The molecule has 1 N–H and O–H groups in total. The molecule has 0 aliphatic heterocycles. The van der Waals surface area contributed by atoms with Crippen LogP contribution in [0.2, 0.25) is 10.0 Å². The summed E-state index contributed by atoms with van der Waals surface area (Å²) in [5.74, 6) is -0.464. The van der Waals surface area contributed by atoms with E-state index in [4.69, 9.17) is 23.2 Å². The van der Waals surface area contributed by atoms with Gasteiger partial charge in [0.15, 0.2) is 5.78 Å². The second-order valence-electron chi connectivity index (χ2n) is 3.80. The van der Waals surface area contributed by atoms with E-state index in [0.29, 0.717) is 10.6 Å². The quantitative estimate of drug-likeness (QED) is 0.866. The van der Waals surface area contributed by atoms with Gasteiger partial charge in [-0.2, -0.15) is 0 Å². The molecule has 0 bridgehead atoms. The maximum atomic E-state index is 12.1. The van der Waals surface area contributed by atoms with E-state index in [0.717, 1.165) is 0 Å². The van der Waals surface area contributed by atoms with Crippen molar-refractivity contribution in [1.82, 2.24) is 0 Å². The van der Waals surface area contributed by atoms with E-state index < -0.39 is 11.9 Å². The van der Waals surface area contributed by atoms with Crippen LogP contribution in [0.3, 0.4) is 0 Å². The summed E-state index contributed by atoms with van der Waals surface area (Å²) in [6.07, 6.45) is -1.23. The minimum absolute atomic E-state index is 0.223. The van der Waals surface area contributed by atoms with Crippen molar-refractivity contribution in [3.63, 3.8) is 0 Å². The molecule has 1 atom stereocenters. The Balaban J connectivity index is 2.34. The van der Waals surface area contributed by atoms with Crippen LogP contribution in [0, 0.1) is 0 Å². The van der Waals surface area contributed by atoms with Crippen molar-refractivity contribution in [3.8, 4) is 0 Å². The summed E-state index contributed by atoms with van der Waals surface area (Å²) >= 11 is 11.8. The Hall–Kier alpha value is -1.35. The van der Waals surface area contributed by atoms with Crippen molar-refractivity contribution < 1.29 is 9.90 Å². The monoisotopic (exact) mass is 280 g/mol. The molecule has 0 fully saturated rings. The van der Waals surface area contributed by atoms with E-state index in [9.17, 15) is 9.90 Å². The first-order chi connectivity index (χ1) is 8.59. The first-order valence-corrected chi connectivity index (χ1v) is 6.07. The highest BCUT2D eigenvalue weighted by molar-refractivity contribution is 6.36. The lowest BCUT2D eigenvalue weighted by Crippen LogP contribution is -2.12. The molecule has 2 aromatic rings. The minimum Gasteiger partial charge on any atom is -0.380 e. The standard InChI is InChI=1S/C14H10Cl2O2/c15-10-6-7-12(16)11(8-10)14(18)13(17)9-4-2-1-3-5-9/h1-8,13,17H. The molecule has 0 spiro atoms. The first kappa shape index (κ1) is 13.1. The van der Waals surface area contributed by atoms with Crippen LogP contribution in [-0.2, 0) is 0 Å². The van der Waals surface area contributed by atoms with Crippen molar-refractivity contribution in [3.05, 3.63) is 69.7 Å². The summed E-state index contributed by atoms with van der Waals surface area (Å²) in [5.41, 5.74) is 0.749. The maximum Gasteiger partial charge on any atom is 0.197 e. The van der Waals surface area contributed by atoms with E-state index >= 15 is 0 Å². The summed E-state index contributed by atoms with van der Waals surface area (Å²) in [6.45, 7) is 0. The number of carbonyl (C=O) groups is 1. The molecule has 0 heterocycles. The first-order valence-electron chi connectivity index (χ1n) is 5.32. The summed E-state index contributed by atoms with van der Waals surface area (Å²) < 4.78 is 0. The lowest BCUT2D eigenvalue weighted by atomic mass is 10.00. The molecular formula is C14H10Cl2O2. The fraction of sp³-hybridized carbons (Fsp3) is 0.0714. The number of hydrogen-bond acceptors (Lipinski definition) is 2. The van der Waals surface area contributed by atoms with Crippen molar-refractivity contribution in [1.29, 1.82) is 0 Å². The van der Waals surface area contributed by atoms with Crippen molar-refractivity contribution in [2.75, 3.05) is 0 Å². The molecule has 4 heteroatoms. The molecule has 2 rings (SSSR count). The lowest BCUT2D eigenvalue weighted by molar-refractivity contribution is 0.0747. The SMILES string of the molecule is O=C(c1cc(Cl)ccc1Cl)C(O)c1ccccc1. The van der Waals surface area contributed by atoms with Crippen LogP contribution < -0.4 is 0 Å². The van der Waals surface area contributed by atoms with Gasteiger partial charge in [0.1, 0.15) is 6.10 Å². The molecule has 18 heavy (non-hydrogen) atoms. The molecule has 1 unspecified atom stereocenters. The van der Waals surface area contributed by atoms with Crippen LogP contribution >= 0.6 is 23.2 Å². The number of aliphatic hydroxyl groups is 1. The number of ketones is 1. The zero-order chi connectivity index (χ0) is 13.1. The minimum atomic E-state index is -1.23. The Morgan fingerprint density at radius 3 is 2.39 bits per heavy atom. The number of Topliss-reactive ketones (excluding diaryl/α,β-unsaturated/α-hetero) is 1. The second-order valence-corrected chi connectivity index (χ2v) is 4.65. The fourth-order valence-corrected chi connectivity index (χ4v) is 2.00. The molecule has 0 aromatic heterocycles. The van der Waals surface area contributed by atoms with Gasteiger partial charge in [-0.05, 0) is 23.8 Å². The average molecular weight is 281 g/mol. The van der Waals surface area contributed by atoms with Crippen LogP contribution in [0.15, 0.2) is 48.5 Å². The molecule has 0 amide bonds. The number of carbonyl (C=O) groups excluding carboxylic acids is 1. The van der Waals surface area contributed by atoms with Gasteiger partial charge in [0.2, 0.25) is 0 Å². The van der Waals surface area contributed by atoms with E-state index in [-0.39, 0.29) is 10.6 Å². The summed E-state index contributed by atoms with van der Waals surface area (Å²) in [4.78, 5) is 12.1. The highest BCUT2D eigenvalue weighted by Gasteiger charge is 2.21. The van der Waals surface area contributed by atoms with Crippen LogP contribution in [0.4, 0.5) is 0 Å². The molecule has 0 radical (unpaired) electrons. The summed E-state index contributed by atoms with van der Waals surface area (Å²) in [6, 6.07) is 13.3. The van der Waals surface area contributed by atoms with E-state index in [1.54, 1.807) is 30.3 Å². The molecule has 0 aliphatic carbocycles. The Morgan fingerprint density at radius 1 is 1.06 bits per heavy atom. The Morgan fingerprint density at radius 2 is 1.72 bits per heavy atom. The zero-order valence-electron chi connectivity index (χ0n) is 9.31. The van der Waals surface area contributed by atoms with Gasteiger partial charge < -0.3 is 5.11 Å². The van der Waals surface area contributed by atoms with Crippen LogP contribution in [0.25, 0.3) is 0 Å². The third-order valence-corrected chi connectivity index (χ3v) is 3.12. The van der Waals surface area contributed by atoms with Gasteiger partial charge in [-0.25, -0.2) is 0 Å². The van der Waals surface area contributed by atoms with Gasteiger partial charge in [0, 0.05) is 10.6 Å². The van der Waals surface area contributed by atoms with Crippen molar-refractivity contribution >= 4 is 29.0 Å². The third-order valence-electron chi connectivity index (χ3n) is 2.56. The van der Waals surface area contributed by atoms with Gasteiger partial charge >= 0.3 is 0 Å². The topological polar surface area (TPSA) is 37.3 Å². The molecule has 2 nitrogen and oxygen atoms in total. The lowest BCUT2D eigenvalue weighted by Gasteiger charge is -2.11. The maximum absolute atomic E-state index is 12.1. The van der Waals surface area contributed by atoms with E-state index in [1.165, 1.54) is 12.1 Å². The van der Waals surface area contributed by atoms with Crippen molar-refractivity contribution in [2.24, 2.45) is 0 Å². The molecule has 0 aliphatic rings. The van der Waals surface area contributed by atoms with Crippen LogP contribution in [-0.4, -0.2) is 10.9 Å². The third kappa shape index (κ3) is 2.72. The molecule has 0 saturated heterocycles. The van der Waals surface area contributed by atoms with Crippen LogP contribution in [0.5, 0.6) is 0 Å². The Labute approximate surface area is 115 Å². The van der Waals surface area contributed by atoms with E-state index in [1.807, 2.05) is 6.07 Å². The summed E-state index contributed by atoms with van der Waals surface area (Å²) in [7, 11) is 0. The predicted octanol–water partition coefficient (Wildman–Crippen LogP) is 3.91. The van der Waals surface area contributed by atoms with E-state index in [2.05, 4.69) is 0 Å². The van der Waals surface area contributed by atoms with Gasteiger partial charge in [-0.1, -0.05) is 53.5 Å². The highest BCUT2D eigenvalue weighted by Crippen LogP contribution is 2.26. The smallest absolute Gasteiger partial charge is 0.197 e. The normalized spacial score (nSPS) is 12.2. The molecule has 92 valence electrons. The van der Waals surface area contributed by atoms with Crippen molar-refractivity contribution in [2.45, 2.75) is 6.10 Å². The Bertz CT molecular complexity index is 567. The number of rotatable bonds is 3. The number of benzene rings is 2. The molecule has 2 aromatic carbocycles. The molecule has 0 saturated carbocycles. The Kier molecular flexibility index (Phi) is 4.02. The predicted molar refractivity (Wildman–Crippen MR) is 72.2 cm³/mol. The van der Waals surface area contributed by atoms with Crippen LogP contribution in [0.1, 0.15) is 22.0 Å². The van der Waals surface area contributed by atoms with Gasteiger partial charge in [-0.3, -0.25) is 4.79 Å². The zero-order valence-corrected chi connectivity index (χ0v) is 10.8. The number of halogens is 2. The largest absolute Gasteiger partial charge is 0.380 e. The highest BCUT2D eigenvalue weighted by atomic mass is 35.5. The number of hydrogen-bond donors (Lipinski definition) is 1. The van der Waals surface area contributed by atoms with Gasteiger partial charge in [-0.15, -0.1) is 0 Å². The van der Waals surface area contributed by atoms with Gasteiger partial charge in [0.25, 0.3) is 0 Å². The van der Waals surface area contributed by atoms with Gasteiger partial charge in [0.05, 0.1) is 5.02 Å². The molecular weight excluding hydrogens is 271 g/mol. The second kappa shape index (κ2) is 5.53. The summed E-state index contributed by atoms with van der Waals surface area (Å²) in [5, 5.41) is 10.7. The fourth-order valence-electron chi connectivity index (χ4n) is 1.62. The number of aliphatic hydroxyl groups excluding tert-OH is 1.